The summed E-state index contributed by atoms with van der Waals surface area (Å²) < 4.78 is 31.7. The number of aliphatic carboxylic acids is 1. The van der Waals surface area contributed by atoms with Crippen molar-refractivity contribution in [3.8, 4) is 0 Å². The van der Waals surface area contributed by atoms with Gasteiger partial charge in [0, 0.05) is 54.3 Å². The van der Waals surface area contributed by atoms with Crippen LogP contribution in [-0.4, -0.2) is 268 Å². The van der Waals surface area contributed by atoms with E-state index in [9.17, 15) is 86.0 Å². The molecule has 0 saturated carbocycles. The number of nitrogens with one attached hydrogen (secondary N) is 15. The molecule has 4 aromatic carbocycles. The van der Waals surface area contributed by atoms with Gasteiger partial charge in [-0.3, -0.25) is 71.9 Å². The molecule has 700 valence electrons. The topological polar surface area (TPSA) is 668 Å². The number of primary amides is 2. The summed E-state index contributed by atoms with van der Waals surface area (Å²) in [7, 11) is 1.74. The lowest BCUT2D eigenvalue weighted by Crippen LogP contribution is -2.63. The maximum Gasteiger partial charge on any atom is 0.490 e. The standard InChI is InChI=1S/C81H114N20O18S2.C2HF3O2/c1-46(104)67-81(119)96-59(38-49-24-9-4-10-25-49)74(112)97-62(42-102)77(115)98-63(43-103)78(116)100-64(79(117)89-53(68(86)106)28-13-16-32-82)44-120-121-45-65(99-69(107)54-31-19-35-87-54)80(118)91-55(29-14-17-33-83)70(108)95-61(40-66(85)105)76(114)93-57(36-47-20-5-2-6-21-47)72(110)92-58(37-48-22-7-3-8-23-48)73(111)94-60(39-50-41-88-52-27-12-11-26-51(50)52)75(113)90-56(71(109)101-67)30-15-18-34-84;3-2(4,5)1(6)7/h2-12,20-27,41,46,53-65,67,87-88,102-104H,13-19,28-40,42-45,82-84H2,1H3,(H2,85,105)(H2,86,106)(H,89,117)(H,90,113)(H,91,118)(H,92,110)(H,93,114)(H,94,111)(H,95,108)(H,96,119)(H,97,112)(H,98,115)(H,99,107)(H,100,116)(H,101,109);(H,6,7)/t46-,53+,54+,55+,56+,57+,58+,59+,60+,61+,62+,63+,64+,65+,67+;/m1./s1. The largest absolute Gasteiger partial charge is 0.490 e. The summed E-state index contributed by atoms with van der Waals surface area (Å²) >= 11 is 0. The van der Waals surface area contributed by atoms with Crippen LogP contribution in [0.2, 0.25) is 0 Å². The summed E-state index contributed by atoms with van der Waals surface area (Å²) in [6.45, 7) is -0.246. The average Bonchev–Trinajstić information content (AvgIpc) is 1.68. The van der Waals surface area contributed by atoms with Gasteiger partial charge in [-0.15, -0.1) is 0 Å². The number of benzene rings is 4. The van der Waals surface area contributed by atoms with E-state index in [-0.39, 0.29) is 83.2 Å². The lowest BCUT2D eigenvalue weighted by atomic mass is 10.00. The van der Waals surface area contributed by atoms with Gasteiger partial charge < -0.3 is 129 Å². The predicted molar refractivity (Wildman–Crippen MR) is 465 cm³/mol. The summed E-state index contributed by atoms with van der Waals surface area (Å²) in [5.41, 5.74) is 31.6. The van der Waals surface area contributed by atoms with Gasteiger partial charge in [0.25, 0.3) is 0 Å². The van der Waals surface area contributed by atoms with Gasteiger partial charge in [0.15, 0.2) is 0 Å². The molecule has 29 N–H and O–H groups in total. The Morgan fingerprint density at radius 2 is 0.875 bits per heavy atom. The van der Waals surface area contributed by atoms with E-state index in [0.717, 1.165) is 28.5 Å². The highest BCUT2D eigenvalue weighted by atomic mass is 33.1. The lowest BCUT2D eigenvalue weighted by molar-refractivity contribution is -0.192. The fourth-order valence-electron chi connectivity index (χ4n) is 13.4. The van der Waals surface area contributed by atoms with Crippen LogP contribution in [-0.2, 0) is 102 Å². The third-order valence-electron chi connectivity index (χ3n) is 20.4. The van der Waals surface area contributed by atoms with Crippen molar-refractivity contribution in [3.05, 3.63) is 144 Å². The lowest BCUT2D eigenvalue weighted by Gasteiger charge is -2.29. The Kier molecular flexibility index (Phi) is 44.6. The van der Waals surface area contributed by atoms with Crippen molar-refractivity contribution in [2.75, 3.05) is 50.9 Å². The molecule has 15 amide bonds. The number of amides is 15. The monoisotopic (exact) mass is 1830 g/mol. The van der Waals surface area contributed by atoms with Gasteiger partial charge in [-0.2, -0.15) is 13.2 Å². The van der Waals surface area contributed by atoms with Crippen molar-refractivity contribution < 1.29 is 110 Å². The molecule has 5 aromatic rings. The van der Waals surface area contributed by atoms with E-state index in [1.54, 1.807) is 121 Å². The maximum atomic E-state index is 15.4. The van der Waals surface area contributed by atoms with Gasteiger partial charge in [-0.05, 0) is 132 Å². The summed E-state index contributed by atoms with van der Waals surface area (Å²) in [5, 5.41) is 77.1. The number of rotatable bonds is 30. The van der Waals surface area contributed by atoms with Gasteiger partial charge in [0.1, 0.15) is 78.5 Å². The number of para-hydroxylation sites is 1. The summed E-state index contributed by atoms with van der Waals surface area (Å²) in [6.07, 6.45) is -4.81. The van der Waals surface area contributed by atoms with E-state index < -0.39 is 217 Å². The fraction of sp³-hybridized carbons (Fsp3) is 0.494. The number of hydrogen-bond donors (Lipinski definition) is 24. The number of carbonyl (C=O) groups is 16. The van der Waals surface area contributed by atoms with Crippen LogP contribution in [0.25, 0.3) is 10.9 Å². The molecule has 2 fully saturated rings. The Labute approximate surface area is 743 Å². The molecule has 2 saturated heterocycles. The number of halogens is 3. The van der Waals surface area contributed by atoms with Crippen LogP contribution in [0.15, 0.2) is 121 Å². The number of nitrogens with two attached hydrogens (primary N) is 5. The van der Waals surface area contributed by atoms with Crippen LogP contribution < -0.4 is 103 Å². The highest BCUT2D eigenvalue weighted by Gasteiger charge is 2.41. The van der Waals surface area contributed by atoms with E-state index in [0.29, 0.717) is 78.2 Å². The Hall–Kier alpha value is -11.9. The summed E-state index contributed by atoms with van der Waals surface area (Å²) in [4.78, 5) is 230. The number of aliphatic hydroxyl groups is 3. The first-order valence-electron chi connectivity index (χ1n) is 41.6. The van der Waals surface area contributed by atoms with Crippen LogP contribution >= 0.6 is 21.6 Å². The second kappa shape index (κ2) is 54.4. The predicted octanol–water partition coefficient (Wildman–Crippen LogP) is -4.37. The molecule has 0 aliphatic carbocycles. The number of aliphatic hydroxyl groups excluding tert-OH is 3. The Balaban J connectivity index is 0.00000346. The zero-order valence-corrected chi connectivity index (χ0v) is 72.0. The van der Waals surface area contributed by atoms with Crippen LogP contribution in [0.1, 0.15) is 106 Å². The van der Waals surface area contributed by atoms with E-state index in [1.807, 2.05) is 0 Å². The first-order valence-corrected chi connectivity index (χ1v) is 44.0. The molecule has 0 unspecified atom stereocenters. The molecule has 128 heavy (non-hydrogen) atoms. The van der Waals surface area contributed by atoms with Gasteiger partial charge in [-0.25, -0.2) is 4.79 Å². The van der Waals surface area contributed by atoms with E-state index in [2.05, 4.69) is 79.4 Å². The average molecular weight is 1830 g/mol. The number of H-pyrrole nitrogens is 1. The SMILES string of the molecule is C[C@@H](O)[C@@H]1NC(=O)[C@H](CCCCN)NC(=O)[C@H](Cc2c[nH]c3ccccc23)NC(=O)[C@H](Cc2ccccc2)NC(=O)[C@H](Cc2ccccc2)NC(=O)[C@H](CC(N)=O)NC(=O)[C@H](CCCCN)NC(=O)[C@@H](NC(=O)[C@@H]2CCCN2)CSSC[C@@H](C(=O)N[C@@H](CCCCN)C(N)=O)NC(=O)[C@H](CO)NC(=O)[C@H](CO)NC(=O)[C@H](Cc2ccccc2)NC1=O.O=C(O)C(F)(F)F. The third-order valence-corrected chi connectivity index (χ3v) is 22.8. The van der Waals surface area contributed by atoms with E-state index in [4.69, 9.17) is 38.6 Å². The third kappa shape index (κ3) is 35.4. The van der Waals surface area contributed by atoms with Crippen molar-refractivity contribution >= 4 is 127 Å². The maximum absolute atomic E-state index is 15.4. The number of fused-ring (bicyclic) bond motifs is 1. The molecule has 0 bridgehead atoms. The number of carboxylic acid groups (broad SMARTS) is 1. The van der Waals surface area contributed by atoms with E-state index in [1.165, 1.54) is 0 Å². The van der Waals surface area contributed by atoms with Crippen molar-refractivity contribution in [1.82, 2.24) is 79.4 Å². The number of carboxylic acids is 1. The zero-order chi connectivity index (χ0) is 94.0. The molecular weight excluding hydrogens is 1720 g/mol. The zero-order valence-electron chi connectivity index (χ0n) is 70.3. The molecule has 2 aliphatic heterocycles. The highest BCUT2D eigenvalue weighted by Crippen LogP contribution is 2.25. The van der Waals surface area contributed by atoms with Crippen LogP contribution in [0.4, 0.5) is 13.2 Å². The first kappa shape index (κ1) is 105. The number of aromatic nitrogens is 1. The van der Waals surface area contributed by atoms with Crippen molar-refractivity contribution in [2.24, 2.45) is 28.7 Å². The number of unbranched alkanes of at least 4 members (excludes halogenated alkanes) is 3. The van der Waals surface area contributed by atoms with Crippen LogP contribution in [0.5, 0.6) is 0 Å². The van der Waals surface area contributed by atoms with Gasteiger partial charge in [0.2, 0.25) is 88.6 Å². The van der Waals surface area contributed by atoms with Crippen LogP contribution in [0.3, 0.4) is 0 Å². The normalized spacial score (nSPS) is 23.5. The molecule has 0 radical (unpaired) electrons. The number of aromatic amines is 1. The second-order valence-corrected chi connectivity index (χ2v) is 33.0. The van der Waals surface area contributed by atoms with E-state index >= 15 is 14.4 Å². The second-order valence-electron chi connectivity index (χ2n) is 30.4. The van der Waals surface area contributed by atoms with Crippen molar-refractivity contribution in [1.29, 1.82) is 0 Å². The summed E-state index contributed by atoms with van der Waals surface area (Å²) in [5.74, 6) is -19.1. The molecule has 15 atom stereocenters. The smallest absolute Gasteiger partial charge is 0.475 e. The number of carbonyl (C=O) groups excluding carboxylic acids is 15. The van der Waals surface area contributed by atoms with Gasteiger partial charge >= 0.3 is 12.1 Å². The molecule has 40 nitrogen and oxygen atoms in total. The minimum absolute atomic E-state index is 0.00718. The molecule has 3 heterocycles. The Morgan fingerprint density at radius 3 is 1.33 bits per heavy atom. The number of hydrogen-bond acceptors (Lipinski definition) is 25. The minimum Gasteiger partial charge on any atom is -0.475 e. The molecular formula is C83H115F3N20O20S2. The summed E-state index contributed by atoms with van der Waals surface area (Å²) in [6, 6.07) is 9.28. The molecule has 45 heteroatoms. The molecule has 0 spiro atoms. The Morgan fingerprint density at radius 1 is 0.477 bits per heavy atom. The van der Waals surface area contributed by atoms with Crippen LogP contribution in [0, 0.1) is 0 Å². The minimum atomic E-state index is -5.08. The molecule has 2 aliphatic rings. The van der Waals surface area contributed by atoms with Gasteiger partial charge in [-0.1, -0.05) is 131 Å². The highest BCUT2D eigenvalue weighted by molar-refractivity contribution is 8.76. The van der Waals surface area contributed by atoms with Gasteiger partial charge in [0.05, 0.1) is 31.8 Å². The van der Waals surface area contributed by atoms with Crippen molar-refractivity contribution in [2.45, 2.75) is 207 Å². The molecule has 1 aromatic heterocycles. The number of alkyl halides is 3. The van der Waals surface area contributed by atoms with Crippen molar-refractivity contribution in [3.63, 3.8) is 0 Å². The first-order chi connectivity index (χ1) is 61.1. The Bertz CT molecular complexity index is 4530. The molecule has 7 rings (SSSR count). The quantitative estimate of drug-likeness (QED) is 0.0153. The fourth-order valence-corrected chi connectivity index (χ4v) is 15.8.